The van der Waals surface area contributed by atoms with Gasteiger partial charge in [-0.05, 0) is 30.7 Å². The number of nitrogens with one attached hydrogen (secondary N) is 1. The summed E-state index contributed by atoms with van der Waals surface area (Å²) in [5.74, 6) is 0.0128. The molecule has 0 aliphatic heterocycles. The van der Waals surface area contributed by atoms with Gasteiger partial charge in [-0.15, -0.1) is 0 Å². The minimum absolute atomic E-state index is 0.188. The molecule has 114 valence electrons. The summed E-state index contributed by atoms with van der Waals surface area (Å²) in [6.45, 7) is 1.80. The Morgan fingerprint density at radius 3 is 2.82 bits per heavy atom. The van der Waals surface area contributed by atoms with Crippen LogP contribution in [0, 0.1) is 6.92 Å². The topological polar surface area (TPSA) is 50.7 Å². The van der Waals surface area contributed by atoms with Crippen molar-refractivity contribution in [2.75, 3.05) is 6.61 Å². The van der Waals surface area contributed by atoms with Gasteiger partial charge < -0.3 is 4.74 Å². The highest BCUT2D eigenvalue weighted by Crippen LogP contribution is 2.27. The Balaban J connectivity index is 1.83. The number of rotatable bonds is 5. The summed E-state index contributed by atoms with van der Waals surface area (Å²) in [6.07, 6.45) is 1.57. The minimum Gasteiger partial charge on any atom is -0.482 e. The van der Waals surface area contributed by atoms with Gasteiger partial charge in [0.2, 0.25) is 0 Å². The van der Waals surface area contributed by atoms with E-state index in [2.05, 4.69) is 10.5 Å². The third-order valence-electron chi connectivity index (χ3n) is 2.70. The van der Waals surface area contributed by atoms with Gasteiger partial charge in [-0.1, -0.05) is 53.0 Å². The van der Waals surface area contributed by atoms with E-state index in [1.54, 1.807) is 24.4 Å². The molecule has 0 radical (unpaired) electrons. The monoisotopic (exact) mass is 336 g/mol. The molecule has 0 unspecified atom stereocenters. The fraction of sp³-hybridized carbons (Fsp3) is 0.125. The summed E-state index contributed by atoms with van der Waals surface area (Å²) in [5.41, 5.74) is 4.41. The lowest BCUT2D eigenvalue weighted by Gasteiger charge is -2.06. The Kier molecular flexibility index (Phi) is 5.81. The molecule has 2 aromatic rings. The molecule has 0 aliphatic carbocycles. The van der Waals surface area contributed by atoms with Crippen LogP contribution in [0.4, 0.5) is 0 Å². The zero-order valence-electron chi connectivity index (χ0n) is 11.8. The van der Waals surface area contributed by atoms with Crippen molar-refractivity contribution in [2.24, 2.45) is 5.10 Å². The molecule has 0 heterocycles. The fourth-order valence-corrected chi connectivity index (χ4v) is 2.16. The first-order valence-corrected chi connectivity index (χ1v) is 7.26. The average molecular weight is 337 g/mol. The number of halogens is 2. The highest BCUT2D eigenvalue weighted by atomic mass is 35.5. The lowest BCUT2D eigenvalue weighted by Crippen LogP contribution is -2.24. The predicted octanol–water partition coefficient (Wildman–Crippen LogP) is 3.83. The summed E-state index contributed by atoms with van der Waals surface area (Å²) < 4.78 is 5.30. The van der Waals surface area contributed by atoms with E-state index >= 15 is 0 Å². The molecule has 0 fully saturated rings. The third kappa shape index (κ3) is 5.06. The van der Waals surface area contributed by atoms with Crippen LogP contribution in [0.15, 0.2) is 47.6 Å². The van der Waals surface area contributed by atoms with Gasteiger partial charge in [0.1, 0.15) is 5.75 Å². The molecule has 1 amide bonds. The molecule has 0 aliphatic rings. The maximum atomic E-state index is 11.6. The molecule has 4 nitrogen and oxygen atoms in total. The maximum absolute atomic E-state index is 11.6. The fourth-order valence-electron chi connectivity index (χ4n) is 1.70. The van der Waals surface area contributed by atoms with Crippen molar-refractivity contribution in [2.45, 2.75) is 6.92 Å². The van der Waals surface area contributed by atoms with E-state index in [1.165, 1.54) is 0 Å². The Labute approximate surface area is 138 Å². The third-order valence-corrected chi connectivity index (χ3v) is 3.23. The van der Waals surface area contributed by atoms with Gasteiger partial charge in [0.25, 0.3) is 5.91 Å². The molecule has 22 heavy (non-hydrogen) atoms. The number of carbonyl (C=O) groups excluding carboxylic acids is 1. The van der Waals surface area contributed by atoms with Gasteiger partial charge in [-0.3, -0.25) is 4.79 Å². The quantitative estimate of drug-likeness (QED) is 0.666. The Bertz CT molecular complexity index is 702. The Morgan fingerprint density at radius 1 is 1.27 bits per heavy atom. The molecule has 6 heteroatoms. The van der Waals surface area contributed by atoms with Gasteiger partial charge >= 0.3 is 0 Å². The summed E-state index contributed by atoms with van der Waals surface area (Å²) in [5, 5.41) is 4.73. The second-order valence-corrected chi connectivity index (χ2v) is 5.41. The number of amides is 1. The zero-order valence-corrected chi connectivity index (χ0v) is 13.4. The van der Waals surface area contributed by atoms with Crippen molar-refractivity contribution in [3.8, 4) is 5.75 Å². The summed E-state index contributed by atoms with van der Waals surface area (Å²) >= 11 is 11.7. The minimum atomic E-state index is -0.380. The van der Waals surface area contributed by atoms with E-state index in [9.17, 15) is 4.79 Å². The molecule has 2 aromatic carbocycles. The summed E-state index contributed by atoms with van der Waals surface area (Å²) in [7, 11) is 0. The van der Waals surface area contributed by atoms with Gasteiger partial charge in [-0.2, -0.15) is 5.10 Å². The van der Waals surface area contributed by atoms with Gasteiger partial charge in [-0.25, -0.2) is 5.43 Å². The van der Waals surface area contributed by atoms with Crippen LogP contribution < -0.4 is 10.2 Å². The average Bonchev–Trinajstić information content (AvgIpc) is 2.46. The van der Waals surface area contributed by atoms with Crippen molar-refractivity contribution in [3.63, 3.8) is 0 Å². The molecule has 0 spiro atoms. The van der Waals surface area contributed by atoms with E-state index in [1.807, 2.05) is 31.2 Å². The predicted molar refractivity (Wildman–Crippen MR) is 88.9 cm³/mol. The van der Waals surface area contributed by atoms with E-state index < -0.39 is 0 Å². The van der Waals surface area contributed by atoms with Crippen LogP contribution in [-0.2, 0) is 4.79 Å². The van der Waals surface area contributed by atoms with Crippen LogP contribution in [0.3, 0.4) is 0 Å². The smallest absolute Gasteiger partial charge is 0.277 e. The van der Waals surface area contributed by atoms with Crippen molar-refractivity contribution < 1.29 is 9.53 Å². The molecular weight excluding hydrogens is 323 g/mol. The number of hydrazone groups is 1. The first kappa shape index (κ1) is 16.3. The first-order valence-electron chi connectivity index (χ1n) is 6.51. The van der Waals surface area contributed by atoms with Crippen molar-refractivity contribution in [3.05, 3.63) is 63.6 Å². The van der Waals surface area contributed by atoms with Crippen LogP contribution >= 0.6 is 23.2 Å². The van der Waals surface area contributed by atoms with Crippen LogP contribution in [0.1, 0.15) is 11.1 Å². The molecule has 0 bridgehead atoms. The van der Waals surface area contributed by atoms with Crippen LogP contribution in [-0.4, -0.2) is 18.7 Å². The van der Waals surface area contributed by atoms with E-state index in [-0.39, 0.29) is 12.5 Å². The number of carbonyl (C=O) groups is 1. The lowest BCUT2D eigenvalue weighted by atomic mass is 10.2. The largest absolute Gasteiger partial charge is 0.482 e. The molecule has 0 atom stereocenters. The highest BCUT2D eigenvalue weighted by Gasteiger charge is 2.05. The van der Waals surface area contributed by atoms with Crippen molar-refractivity contribution >= 4 is 35.3 Å². The normalized spacial score (nSPS) is 10.7. The molecule has 0 saturated carbocycles. The summed E-state index contributed by atoms with van der Waals surface area (Å²) in [4.78, 5) is 11.6. The lowest BCUT2D eigenvalue weighted by molar-refractivity contribution is -0.123. The molecule has 1 N–H and O–H groups in total. The second kappa shape index (κ2) is 7.82. The standard InChI is InChI=1S/C16H14Cl2N2O2/c1-11-3-2-4-12(7-11)9-19-20-16(21)10-22-15-6-5-13(17)8-14(15)18/h2-9H,10H2,1H3,(H,20,21)/b19-9-. The van der Waals surface area contributed by atoms with E-state index in [0.29, 0.717) is 15.8 Å². The van der Waals surface area contributed by atoms with E-state index in [4.69, 9.17) is 27.9 Å². The number of hydrogen-bond acceptors (Lipinski definition) is 3. The number of benzene rings is 2. The van der Waals surface area contributed by atoms with Gasteiger partial charge in [0, 0.05) is 5.02 Å². The van der Waals surface area contributed by atoms with Gasteiger partial charge in [0.15, 0.2) is 6.61 Å². The van der Waals surface area contributed by atoms with E-state index in [0.717, 1.165) is 11.1 Å². The van der Waals surface area contributed by atoms with Crippen molar-refractivity contribution in [1.29, 1.82) is 0 Å². The molecule has 0 saturated heterocycles. The Morgan fingerprint density at radius 2 is 2.09 bits per heavy atom. The number of hydrogen-bond donors (Lipinski definition) is 1. The second-order valence-electron chi connectivity index (χ2n) is 4.57. The zero-order chi connectivity index (χ0) is 15.9. The Hall–Kier alpha value is -2.04. The van der Waals surface area contributed by atoms with Gasteiger partial charge in [0.05, 0.1) is 11.2 Å². The number of ether oxygens (including phenoxy) is 1. The van der Waals surface area contributed by atoms with Crippen molar-refractivity contribution in [1.82, 2.24) is 5.43 Å². The first-order chi connectivity index (χ1) is 10.5. The van der Waals surface area contributed by atoms with Crippen LogP contribution in [0.5, 0.6) is 5.75 Å². The number of aryl methyl sites for hydroxylation is 1. The SMILES string of the molecule is Cc1cccc(/C=N\NC(=O)COc2ccc(Cl)cc2Cl)c1. The van der Waals surface area contributed by atoms with Crippen LogP contribution in [0.2, 0.25) is 10.0 Å². The maximum Gasteiger partial charge on any atom is 0.277 e. The molecule has 2 rings (SSSR count). The van der Waals surface area contributed by atoms with Crippen LogP contribution in [0.25, 0.3) is 0 Å². The number of nitrogens with zero attached hydrogens (tertiary/aromatic N) is 1. The summed E-state index contributed by atoms with van der Waals surface area (Å²) in [6, 6.07) is 12.5. The highest BCUT2D eigenvalue weighted by molar-refractivity contribution is 6.35. The molecular formula is C16H14Cl2N2O2. The molecule has 0 aromatic heterocycles.